The largest absolute Gasteiger partial charge is 0.417 e. The smallest absolute Gasteiger partial charge is 0.306 e. The van der Waals surface area contributed by atoms with Crippen molar-refractivity contribution in [1.82, 2.24) is 9.97 Å². The summed E-state index contributed by atoms with van der Waals surface area (Å²) >= 11 is 0. The highest BCUT2D eigenvalue weighted by atomic mass is 19.4. The molecule has 0 bridgehead atoms. The van der Waals surface area contributed by atoms with E-state index >= 15 is 0 Å². The molecule has 21 heavy (non-hydrogen) atoms. The van der Waals surface area contributed by atoms with Gasteiger partial charge in [0.25, 0.3) is 0 Å². The molecule has 0 unspecified atom stereocenters. The second-order valence-electron chi connectivity index (χ2n) is 4.13. The van der Waals surface area contributed by atoms with Crippen molar-refractivity contribution in [2.75, 3.05) is 5.43 Å². The quantitative estimate of drug-likeness (QED) is 0.508. The van der Waals surface area contributed by atoms with E-state index in [0.717, 1.165) is 12.1 Å². The van der Waals surface area contributed by atoms with Gasteiger partial charge in [0.2, 0.25) is 0 Å². The Hall–Kier alpha value is -2.29. The number of aromatic nitrogens is 2. The van der Waals surface area contributed by atoms with Crippen LogP contribution in [-0.2, 0) is 6.18 Å². The summed E-state index contributed by atoms with van der Waals surface area (Å²) < 4.78 is 65.4. The molecule has 2 rings (SSSR count). The van der Waals surface area contributed by atoms with Crippen LogP contribution in [0.2, 0.25) is 0 Å². The summed E-state index contributed by atoms with van der Waals surface area (Å²) in [5.74, 6) is 2.26. The van der Waals surface area contributed by atoms with Crippen LogP contribution >= 0.6 is 0 Å². The lowest BCUT2D eigenvalue weighted by Crippen LogP contribution is -2.14. The van der Waals surface area contributed by atoms with Gasteiger partial charge in [-0.05, 0) is 25.1 Å². The molecule has 0 fully saturated rings. The highest BCUT2D eigenvalue weighted by molar-refractivity contribution is 5.63. The average molecular weight is 304 g/mol. The Morgan fingerprint density at radius 3 is 2.38 bits per heavy atom. The van der Waals surface area contributed by atoms with E-state index in [1.807, 2.05) is 5.43 Å². The molecule has 0 spiro atoms. The number of hydrogen-bond donors (Lipinski definition) is 2. The van der Waals surface area contributed by atoms with Crippen LogP contribution in [-0.4, -0.2) is 9.97 Å². The monoisotopic (exact) mass is 304 g/mol. The van der Waals surface area contributed by atoms with Crippen LogP contribution in [0.25, 0.3) is 11.4 Å². The van der Waals surface area contributed by atoms with Crippen LogP contribution in [0.1, 0.15) is 11.3 Å². The minimum absolute atomic E-state index is 0.189. The van der Waals surface area contributed by atoms with Gasteiger partial charge in [-0.2, -0.15) is 13.2 Å². The first kappa shape index (κ1) is 15.1. The molecule has 0 amide bonds. The lowest BCUT2D eigenvalue weighted by Gasteiger charge is -2.13. The third-order valence-electron chi connectivity index (χ3n) is 2.68. The SMILES string of the molecule is Cc1nc(-c2ccc(F)cc2C(F)(F)F)nc(NN)c1F. The van der Waals surface area contributed by atoms with E-state index in [4.69, 9.17) is 5.84 Å². The summed E-state index contributed by atoms with van der Waals surface area (Å²) in [6, 6.07) is 2.04. The Morgan fingerprint density at radius 2 is 1.81 bits per heavy atom. The van der Waals surface area contributed by atoms with E-state index in [1.165, 1.54) is 6.92 Å². The molecule has 1 aromatic carbocycles. The molecular weight excluding hydrogens is 295 g/mol. The molecule has 2 aromatic rings. The minimum Gasteiger partial charge on any atom is -0.306 e. The molecule has 0 aliphatic rings. The minimum atomic E-state index is -4.81. The zero-order valence-electron chi connectivity index (χ0n) is 10.6. The van der Waals surface area contributed by atoms with E-state index in [9.17, 15) is 22.0 Å². The van der Waals surface area contributed by atoms with Gasteiger partial charge >= 0.3 is 6.18 Å². The number of nitrogen functional groups attached to an aromatic ring is 1. The summed E-state index contributed by atoms with van der Waals surface area (Å²) in [5, 5.41) is 0. The maximum atomic E-state index is 13.5. The van der Waals surface area contributed by atoms with E-state index in [-0.39, 0.29) is 5.69 Å². The molecule has 1 aromatic heterocycles. The molecular formula is C12H9F5N4. The van der Waals surface area contributed by atoms with Crippen molar-refractivity contribution in [2.24, 2.45) is 5.84 Å². The van der Waals surface area contributed by atoms with Gasteiger partial charge in [0.05, 0.1) is 11.3 Å². The molecule has 0 radical (unpaired) electrons. The van der Waals surface area contributed by atoms with Gasteiger partial charge in [0.1, 0.15) is 5.82 Å². The lowest BCUT2D eigenvalue weighted by molar-refractivity contribution is -0.137. The molecule has 1 heterocycles. The topological polar surface area (TPSA) is 63.8 Å². The second kappa shape index (κ2) is 5.24. The Bertz CT molecular complexity index is 684. The molecule has 0 aliphatic heterocycles. The third-order valence-corrected chi connectivity index (χ3v) is 2.68. The first-order valence-electron chi connectivity index (χ1n) is 5.62. The zero-order chi connectivity index (χ0) is 15.8. The number of alkyl halides is 3. The number of hydrogen-bond acceptors (Lipinski definition) is 4. The highest BCUT2D eigenvalue weighted by Gasteiger charge is 2.35. The normalized spacial score (nSPS) is 11.6. The van der Waals surface area contributed by atoms with Crippen LogP contribution in [0.5, 0.6) is 0 Å². The first-order chi connectivity index (χ1) is 9.74. The Morgan fingerprint density at radius 1 is 1.14 bits per heavy atom. The van der Waals surface area contributed by atoms with Crippen molar-refractivity contribution in [3.8, 4) is 11.4 Å². The Balaban J connectivity index is 2.70. The van der Waals surface area contributed by atoms with Crippen molar-refractivity contribution in [3.63, 3.8) is 0 Å². The number of nitrogens with zero attached hydrogens (tertiary/aromatic N) is 2. The number of rotatable bonds is 2. The molecule has 112 valence electrons. The predicted molar refractivity (Wildman–Crippen MR) is 64.9 cm³/mol. The maximum Gasteiger partial charge on any atom is 0.417 e. The fourth-order valence-corrected chi connectivity index (χ4v) is 1.72. The number of nitrogens with one attached hydrogen (secondary N) is 1. The first-order valence-corrected chi connectivity index (χ1v) is 5.62. The number of nitrogens with two attached hydrogens (primary N) is 1. The fourth-order valence-electron chi connectivity index (χ4n) is 1.72. The van der Waals surface area contributed by atoms with Crippen LogP contribution in [0.4, 0.5) is 27.8 Å². The molecule has 0 saturated heterocycles. The standard InChI is InChI=1S/C12H9F5N4/c1-5-9(14)11(21-18)20-10(19-5)7-3-2-6(13)4-8(7)12(15,16)17/h2-4H,18H2,1H3,(H,19,20,21). The van der Waals surface area contributed by atoms with Crippen LogP contribution in [0.15, 0.2) is 18.2 Å². The molecule has 3 N–H and O–H groups in total. The summed E-state index contributed by atoms with van der Waals surface area (Å²) in [6.07, 6.45) is -4.81. The zero-order valence-corrected chi connectivity index (χ0v) is 10.6. The van der Waals surface area contributed by atoms with Crippen LogP contribution < -0.4 is 11.3 Å². The van der Waals surface area contributed by atoms with Gasteiger partial charge in [0.15, 0.2) is 17.5 Å². The summed E-state index contributed by atoms with van der Waals surface area (Å²) in [7, 11) is 0. The number of aryl methyl sites for hydroxylation is 1. The van der Waals surface area contributed by atoms with E-state index < -0.39 is 40.6 Å². The summed E-state index contributed by atoms with van der Waals surface area (Å²) in [4.78, 5) is 7.23. The fraction of sp³-hybridized carbons (Fsp3) is 0.167. The van der Waals surface area contributed by atoms with Gasteiger partial charge in [-0.1, -0.05) is 0 Å². The van der Waals surface area contributed by atoms with Crippen molar-refractivity contribution in [1.29, 1.82) is 0 Å². The third kappa shape index (κ3) is 2.92. The average Bonchev–Trinajstić information content (AvgIpc) is 2.40. The Kier molecular flexibility index (Phi) is 3.77. The van der Waals surface area contributed by atoms with Crippen molar-refractivity contribution in [3.05, 3.63) is 41.1 Å². The number of benzene rings is 1. The van der Waals surface area contributed by atoms with Gasteiger partial charge in [0, 0.05) is 5.56 Å². The summed E-state index contributed by atoms with van der Waals surface area (Å²) in [5.41, 5.74) is 0.0227. The van der Waals surface area contributed by atoms with Gasteiger partial charge < -0.3 is 5.43 Å². The Labute approximate surface area is 115 Å². The number of hydrazine groups is 1. The highest BCUT2D eigenvalue weighted by Crippen LogP contribution is 2.36. The summed E-state index contributed by atoms with van der Waals surface area (Å²) in [6.45, 7) is 1.25. The van der Waals surface area contributed by atoms with Crippen molar-refractivity contribution < 1.29 is 22.0 Å². The number of anilines is 1. The molecule has 0 atom stereocenters. The van der Waals surface area contributed by atoms with Crippen LogP contribution in [0.3, 0.4) is 0 Å². The lowest BCUT2D eigenvalue weighted by atomic mass is 10.1. The van der Waals surface area contributed by atoms with E-state index in [1.54, 1.807) is 0 Å². The number of halogens is 5. The van der Waals surface area contributed by atoms with Gasteiger partial charge in [-0.25, -0.2) is 24.6 Å². The molecule has 0 aliphatic carbocycles. The second-order valence-corrected chi connectivity index (χ2v) is 4.13. The van der Waals surface area contributed by atoms with E-state index in [2.05, 4.69) is 9.97 Å². The predicted octanol–water partition coefficient (Wildman–Crippen LogP) is 3.03. The van der Waals surface area contributed by atoms with E-state index in [0.29, 0.717) is 6.07 Å². The van der Waals surface area contributed by atoms with Crippen molar-refractivity contribution >= 4 is 5.82 Å². The van der Waals surface area contributed by atoms with Crippen molar-refractivity contribution in [2.45, 2.75) is 13.1 Å². The maximum absolute atomic E-state index is 13.5. The molecule has 0 saturated carbocycles. The van der Waals surface area contributed by atoms with Gasteiger partial charge in [-0.3, -0.25) is 0 Å². The molecule has 9 heteroatoms. The van der Waals surface area contributed by atoms with Crippen LogP contribution in [0, 0.1) is 18.6 Å². The molecule has 4 nitrogen and oxygen atoms in total. The van der Waals surface area contributed by atoms with Gasteiger partial charge in [-0.15, -0.1) is 0 Å².